The number of benzene rings is 1. The highest BCUT2D eigenvalue weighted by Crippen LogP contribution is 2.20. The summed E-state index contributed by atoms with van der Waals surface area (Å²) in [5.74, 6) is 0.0520. The molecule has 2 nitrogen and oxygen atoms in total. The fourth-order valence-corrected chi connectivity index (χ4v) is 2.22. The zero-order valence-corrected chi connectivity index (χ0v) is 9.63. The maximum Gasteiger partial charge on any atom is 0.165 e. The normalized spacial score (nSPS) is 20.8. The third-order valence-electron chi connectivity index (χ3n) is 3.11. The molecule has 1 heterocycles. The molecule has 0 aromatic heterocycles. The minimum Gasteiger partial charge on any atom is -0.494 e. The standard InChI is InChI=1S/C13H18FNO/c1-16-13-6-5-10(9-12(13)14)8-11-4-2-3-7-15-11/h5-6,9,11,15H,2-4,7-8H2,1H3/t11-/m0/s1. The molecule has 0 unspecified atom stereocenters. The average molecular weight is 223 g/mol. The van der Waals surface area contributed by atoms with Crippen LogP contribution in [0.3, 0.4) is 0 Å². The summed E-state index contributed by atoms with van der Waals surface area (Å²) >= 11 is 0. The van der Waals surface area contributed by atoms with E-state index in [0.717, 1.165) is 18.5 Å². The van der Waals surface area contributed by atoms with E-state index in [1.54, 1.807) is 12.1 Å². The van der Waals surface area contributed by atoms with Crippen molar-refractivity contribution in [2.45, 2.75) is 31.7 Å². The Morgan fingerprint density at radius 3 is 2.94 bits per heavy atom. The Bertz CT molecular complexity index is 348. The zero-order chi connectivity index (χ0) is 11.4. The Kier molecular flexibility index (Phi) is 3.78. The van der Waals surface area contributed by atoms with E-state index in [1.807, 2.05) is 6.07 Å². The van der Waals surface area contributed by atoms with Gasteiger partial charge >= 0.3 is 0 Å². The Morgan fingerprint density at radius 2 is 2.31 bits per heavy atom. The van der Waals surface area contributed by atoms with Crippen molar-refractivity contribution in [2.75, 3.05) is 13.7 Å². The predicted octanol–water partition coefficient (Wildman–Crippen LogP) is 2.52. The second-order valence-electron chi connectivity index (χ2n) is 4.32. The molecule has 1 aromatic rings. The number of methoxy groups -OCH3 is 1. The molecule has 3 heteroatoms. The number of rotatable bonds is 3. The first-order valence-electron chi connectivity index (χ1n) is 5.85. The molecule has 16 heavy (non-hydrogen) atoms. The van der Waals surface area contributed by atoms with Gasteiger partial charge in [-0.05, 0) is 43.5 Å². The van der Waals surface area contributed by atoms with Crippen LogP contribution in [0, 0.1) is 5.82 Å². The van der Waals surface area contributed by atoms with Gasteiger partial charge in [-0.2, -0.15) is 0 Å². The van der Waals surface area contributed by atoms with E-state index in [-0.39, 0.29) is 5.82 Å². The Labute approximate surface area is 95.8 Å². The highest BCUT2D eigenvalue weighted by molar-refractivity contribution is 5.29. The van der Waals surface area contributed by atoms with Crippen LogP contribution >= 0.6 is 0 Å². The van der Waals surface area contributed by atoms with Gasteiger partial charge in [-0.25, -0.2) is 4.39 Å². The van der Waals surface area contributed by atoms with Crippen LogP contribution in [0.25, 0.3) is 0 Å². The maximum absolute atomic E-state index is 13.5. The first kappa shape index (κ1) is 11.4. The molecule has 88 valence electrons. The van der Waals surface area contributed by atoms with Gasteiger partial charge in [-0.3, -0.25) is 0 Å². The summed E-state index contributed by atoms with van der Waals surface area (Å²) < 4.78 is 18.4. The lowest BCUT2D eigenvalue weighted by atomic mass is 9.98. The molecule has 1 aliphatic rings. The van der Waals surface area contributed by atoms with Gasteiger partial charge in [0.15, 0.2) is 11.6 Å². The fourth-order valence-electron chi connectivity index (χ4n) is 2.22. The fraction of sp³-hybridized carbons (Fsp3) is 0.538. The molecule has 0 saturated carbocycles. The number of hydrogen-bond acceptors (Lipinski definition) is 2. The smallest absolute Gasteiger partial charge is 0.165 e. The van der Waals surface area contributed by atoms with Gasteiger partial charge in [0.1, 0.15) is 0 Å². The highest BCUT2D eigenvalue weighted by atomic mass is 19.1. The molecule has 0 spiro atoms. The summed E-state index contributed by atoms with van der Waals surface area (Å²) in [5.41, 5.74) is 1.04. The van der Waals surface area contributed by atoms with Crippen molar-refractivity contribution < 1.29 is 9.13 Å². The SMILES string of the molecule is COc1ccc(C[C@@H]2CCCCN2)cc1F. The average Bonchev–Trinajstić information content (AvgIpc) is 2.31. The summed E-state index contributed by atoms with van der Waals surface area (Å²) in [5, 5.41) is 3.46. The van der Waals surface area contributed by atoms with E-state index < -0.39 is 0 Å². The van der Waals surface area contributed by atoms with Gasteiger partial charge in [0.25, 0.3) is 0 Å². The van der Waals surface area contributed by atoms with Gasteiger partial charge in [0.05, 0.1) is 7.11 Å². The molecule has 0 radical (unpaired) electrons. The van der Waals surface area contributed by atoms with Crippen molar-refractivity contribution in [3.63, 3.8) is 0 Å². The lowest BCUT2D eigenvalue weighted by Gasteiger charge is -2.23. The molecule has 0 bridgehead atoms. The predicted molar refractivity (Wildman–Crippen MR) is 62.3 cm³/mol. The largest absolute Gasteiger partial charge is 0.494 e. The summed E-state index contributed by atoms with van der Waals surface area (Å²) in [6, 6.07) is 5.72. The lowest BCUT2D eigenvalue weighted by Crippen LogP contribution is -2.35. The van der Waals surface area contributed by atoms with E-state index in [9.17, 15) is 4.39 Å². The maximum atomic E-state index is 13.5. The van der Waals surface area contributed by atoms with E-state index in [2.05, 4.69) is 5.32 Å². The summed E-state index contributed by atoms with van der Waals surface area (Å²) in [6.07, 6.45) is 4.62. The van der Waals surface area contributed by atoms with Gasteiger partial charge in [0, 0.05) is 6.04 Å². The number of nitrogens with one attached hydrogen (secondary N) is 1. The van der Waals surface area contributed by atoms with Gasteiger partial charge in [0.2, 0.25) is 0 Å². The van der Waals surface area contributed by atoms with E-state index in [0.29, 0.717) is 11.8 Å². The molecule has 1 saturated heterocycles. The van der Waals surface area contributed by atoms with Crippen LogP contribution in [0.1, 0.15) is 24.8 Å². The van der Waals surface area contributed by atoms with Crippen LogP contribution in [0.2, 0.25) is 0 Å². The third kappa shape index (κ3) is 2.73. The Hall–Kier alpha value is -1.09. The molecule has 1 aliphatic heterocycles. The van der Waals surface area contributed by atoms with Crippen molar-refractivity contribution in [3.05, 3.63) is 29.6 Å². The second kappa shape index (κ2) is 5.30. The minimum atomic E-state index is -0.268. The van der Waals surface area contributed by atoms with Crippen molar-refractivity contribution in [3.8, 4) is 5.75 Å². The van der Waals surface area contributed by atoms with Gasteiger partial charge in [-0.15, -0.1) is 0 Å². The Balaban J connectivity index is 2.01. The van der Waals surface area contributed by atoms with Crippen LogP contribution in [0.5, 0.6) is 5.75 Å². The lowest BCUT2D eigenvalue weighted by molar-refractivity contribution is 0.383. The second-order valence-corrected chi connectivity index (χ2v) is 4.32. The van der Waals surface area contributed by atoms with Crippen molar-refractivity contribution in [1.82, 2.24) is 5.32 Å². The molecule has 1 fully saturated rings. The molecule has 2 rings (SSSR count). The quantitative estimate of drug-likeness (QED) is 0.850. The number of ether oxygens (including phenoxy) is 1. The number of hydrogen-bond donors (Lipinski definition) is 1. The van der Waals surface area contributed by atoms with Crippen LogP contribution < -0.4 is 10.1 Å². The molecule has 1 N–H and O–H groups in total. The van der Waals surface area contributed by atoms with Crippen LogP contribution in [-0.2, 0) is 6.42 Å². The Morgan fingerprint density at radius 1 is 1.44 bits per heavy atom. The molecule has 1 aromatic carbocycles. The minimum absolute atomic E-state index is 0.268. The molecular formula is C13H18FNO. The van der Waals surface area contributed by atoms with Crippen molar-refractivity contribution in [1.29, 1.82) is 0 Å². The van der Waals surface area contributed by atoms with Crippen molar-refractivity contribution in [2.24, 2.45) is 0 Å². The third-order valence-corrected chi connectivity index (χ3v) is 3.11. The molecular weight excluding hydrogens is 205 g/mol. The van der Waals surface area contributed by atoms with Crippen LogP contribution in [0.4, 0.5) is 4.39 Å². The van der Waals surface area contributed by atoms with Gasteiger partial charge < -0.3 is 10.1 Å². The summed E-state index contributed by atoms with van der Waals surface area (Å²) in [4.78, 5) is 0. The topological polar surface area (TPSA) is 21.3 Å². The van der Waals surface area contributed by atoms with Crippen LogP contribution in [-0.4, -0.2) is 19.7 Å². The van der Waals surface area contributed by atoms with E-state index in [1.165, 1.54) is 26.4 Å². The van der Waals surface area contributed by atoms with E-state index in [4.69, 9.17) is 4.74 Å². The molecule has 0 amide bonds. The van der Waals surface area contributed by atoms with Crippen LogP contribution in [0.15, 0.2) is 18.2 Å². The molecule has 1 atom stereocenters. The molecule has 0 aliphatic carbocycles. The summed E-state index contributed by atoms with van der Waals surface area (Å²) in [6.45, 7) is 1.09. The zero-order valence-electron chi connectivity index (χ0n) is 9.63. The first-order valence-corrected chi connectivity index (χ1v) is 5.85. The number of halogens is 1. The van der Waals surface area contributed by atoms with Gasteiger partial charge in [-0.1, -0.05) is 12.5 Å². The monoisotopic (exact) mass is 223 g/mol. The number of piperidine rings is 1. The van der Waals surface area contributed by atoms with E-state index >= 15 is 0 Å². The summed E-state index contributed by atoms with van der Waals surface area (Å²) in [7, 11) is 1.49. The van der Waals surface area contributed by atoms with Crippen molar-refractivity contribution >= 4 is 0 Å². The first-order chi connectivity index (χ1) is 7.79. The highest BCUT2D eigenvalue weighted by Gasteiger charge is 2.13.